The van der Waals surface area contributed by atoms with Gasteiger partial charge in [-0.25, -0.2) is 9.37 Å². The molecule has 0 bridgehead atoms. The molecule has 0 aromatic carbocycles. The highest BCUT2D eigenvalue weighted by Crippen LogP contribution is 2.27. The lowest BCUT2D eigenvalue weighted by Crippen LogP contribution is -2.27. The molecule has 1 amide bonds. The molecule has 1 fully saturated rings. The van der Waals surface area contributed by atoms with Crippen LogP contribution in [0.3, 0.4) is 0 Å². The number of hydrogen-bond donors (Lipinski definition) is 2. The molecule has 2 rings (SSSR count). The van der Waals surface area contributed by atoms with Gasteiger partial charge < -0.3 is 11.1 Å². The van der Waals surface area contributed by atoms with E-state index in [-0.39, 0.29) is 17.4 Å². The highest BCUT2D eigenvalue weighted by molar-refractivity contribution is 5.94. The van der Waals surface area contributed by atoms with Crippen LogP contribution in [0, 0.1) is 11.7 Å². The van der Waals surface area contributed by atoms with Crippen LogP contribution in [0.4, 0.5) is 10.2 Å². The summed E-state index contributed by atoms with van der Waals surface area (Å²) in [6.45, 7) is 4.24. The molecule has 3 N–H and O–H groups in total. The first kappa shape index (κ1) is 15.7. The number of rotatable bonds is 5. The zero-order chi connectivity index (χ0) is 15.4. The van der Waals surface area contributed by atoms with Gasteiger partial charge in [-0.15, -0.1) is 0 Å². The smallest absolute Gasteiger partial charge is 0.250 e. The Morgan fingerprint density at radius 2 is 2.10 bits per heavy atom. The van der Waals surface area contributed by atoms with E-state index in [1.54, 1.807) is 0 Å². The molecule has 4 nitrogen and oxygen atoms in total. The number of amides is 1. The van der Waals surface area contributed by atoms with Gasteiger partial charge in [0.25, 0.3) is 5.91 Å². The summed E-state index contributed by atoms with van der Waals surface area (Å²) in [5.74, 6) is -0.123. The number of carbonyl (C=O) groups excluding carboxylic acids is 1. The van der Waals surface area contributed by atoms with Crippen LogP contribution in [0.15, 0.2) is 6.07 Å². The van der Waals surface area contributed by atoms with Gasteiger partial charge in [0.15, 0.2) is 11.6 Å². The van der Waals surface area contributed by atoms with Gasteiger partial charge in [0.2, 0.25) is 0 Å². The Bertz CT molecular complexity index is 510. The minimum atomic E-state index is -0.622. The Labute approximate surface area is 125 Å². The maximum atomic E-state index is 14.1. The average molecular weight is 293 g/mol. The summed E-state index contributed by atoms with van der Waals surface area (Å²) in [6, 6.07) is 1.48. The largest absolute Gasteiger partial charge is 0.366 e. The van der Waals surface area contributed by atoms with E-state index in [0.29, 0.717) is 12.1 Å². The molecule has 0 radical (unpaired) electrons. The van der Waals surface area contributed by atoms with Crippen LogP contribution < -0.4 is 11.1 Å². The molecule has 1 heterocycles. The number of aryl methyl sites for hydroxylation is 1. The van der Waals surface area contributed by atoms with E-state index in [9.17, 15) is 9.18 Å². The fraction of sp³-hybridized carbons (Fsp3) is 0.625. The lowest BCUT2D eigenvalue weighted by molar-refractivity contribution is 0.0998. The fourth-order valence-corrected chi connectivity index (χ4v) is 2.87. The number of carbonyl (C=O) groups is 1. The first-order valence-electron chi connectivity index (χ1n) is 7.77. The van der Waals surface area contributed by atoms with Crippen LogP contribution in [-0.2, 0) is 6.42 Å². The predicted octanol–water partition coefficient (Wildman–Crippen LogP) is 3.26. The summed E-state index contributed by atoms with van der Waals surface area (Å²) >= 11 is 0. The van der Waals surface area contributed by atoms with E-state index in [2.05, 4.69) is 17.2 Å². The van der Waals surface area contributed by atoms with Crippen LogP contribution in [0.1, 0.15) is 62.0 Å². The van der Waals surface area contributed by atoms with E-state index in [4.69, 9.17) is 5.73 Å². The monoisotopic (exact) mass is 293 g/mol. The quantitative estimate of drug-likeness (QED) is 0.875. The first-order valence-corrected chi connectivity index (χ1v) is 7.77. The highest BCUT2D eigenvalue weighted by atomic mass is 19.1. The topological polar surface area (TPSA) is 68.0 Å². The number of anilines is 1. The van der Waals surface area contributed by atoms with Crippen LogP contribution in [-0.4, -0.2) is 16.9 Å². The van der Waals surface area contributed by atoms with Gasteiger partial charge in [-0.05, 0) is 44.1 Å². The first-order chi connectivity index (χ1) is 10.0. The summed E-state index contributed by atoms with van der Waals surface area (Å²) in [5.41, 5.74) is 6.07. The molecular weight excluding hydrogens is 269 g/mol. The standard InChI is InChI=1S/C16H24FN3O/c1-3-4-14-12(15(18)21)9-13(17)16(20-14)19-11-7-5-10(2)6-8-11/h9-11H,3-8H2,1-2H3,(H2,18,21)(H,19,20). The number of primary amides is 1. The number of hydrogen-bond acceptors (Lipinski definition) is 3. The Morgan fingerprint density at radius 3 is 2.67 bits per heavy atom. The molecule has 0 unspecified atom stereocenters. The predicted molar refractivity (Wildman–Crippen MR) is 81.8 cm³/mol. The zero-order valence-corrected chi connectivity index (χ0v) is 12.8. The van der Waals surface area contributed by atoms with Crippen molar-refractivity contribution in [2.75, 3.05) is 5.32 Å². The third-order valence-electron chi connectivity index (χ3n) is 4.16. The lowest BCUT2D eigenvalue weighted by Gasteiger charge is -2.27. The van der Waals surface area contributed by atoms with Crippen molar-refractivity contribution in [3.8, 4) is 0 Å². The molecule has 1 aliphatic carbocycles. The minimum Gasteiger partial charge on any atom is -0.366 e. The third kappa shape index (κ3) is 3.93. The normalized spacial score (nSPS) is 22.0. The second kappa shape index (κ2) is 6.87. The molecule has 0 atom stereocenters. The molecule has 0 aliphatic heterocycles. The molecule has 1 aliphatic rings. The maximum absolute atomic E-state index is 14.1. The van der Waals surface area contributed by atoms with E-state index >= 15 is 0 Å². The molecule has 1 saturated carbocycles. The second-order valence-electron chi connectivity index (χ2n) is 6.03. The van der Waals surface area contributed by atoms with Crippen LogP contribution >= 0.6 is 0 Å². The van der Waals surface area contributed by atoms with Crippen molar-refractivity contribution in [2.45, 2.75) is 58.4 Å². The van der Waals surface area contributed by atoms with E-state index in [1.807, 2.05) is 6.92 Å². The molecule has 116 valence electrons. The zero-order valence-electron chi connectivity index (χ0n) is 12.8. The number of halogens is 1. The van der Waals surface area contributed by atoms with Crippen LogP contribution in [0.25, 0.3) is 0 Å². The maximum Gasteiger partial charge on any atom is 0.250 e. The van der Waals surface area contributed by atoms with Crippen molar-refractivity contribution in [3.05, 3.63) is 23.1 Å². The lowest BCUT2D eigenvalue weighted by atomic mass is 9.87. The number of nitrogens with zero attached hydrogens (tertiary/aromatic N) is 1. The van der Waals surface area contributed by atoms with Gasteiger partial charge in [-0.3, -0.25) is 4.79 Å². The van der Waals surface area contributed by atoms with E-state index in [1.165, 1.54) is 6.07 Å². The number of nitrogens with two attached hydrogens (primary N) is 1. The number of aromatic nitrogens is 1. The van der Waals surface area contributed by atoms with Crippen LogP contribution in [0.2, 0.25) is 0 Å². The molecule has 5 heteroatoms. The summed E-state index contributed by atoms with van der Waals surface area (Å²) in [6.07, 6.45) is 5.82. The van der Waals surface area contributed by atoms with Crippen molar-refractivity contribution in [1.29, 1.82) is 0 Å². The van der Waals surface area contributed by atoms with Crippen molar-refractivity contribution in [2.24, 2.45) is 11.7 Å². The van der Waals surface area contributed by atoms with Gasteiger partial charge in [0.05, 0.1) is 11.3 Å². The fourth-order valence-electron chi connectivity index (χ4n) is 2.87. The summed E-state index contributed by atoms with van der Waals surface area (Å²) in [7, 11) is 0. The van der Waals surface area contributed by atoms with E-state index < -0.39 is 11.7 Å². The number of nitrogens with one attached hydrogen (secondary N) is 1. The van der Waals surface area contributed by atoms with Crippen molar-refractivity contribution in [1.82, 2.24) is 4.98 Å². The molecule has 1 aromatic heterocycles. The molecule has 21 heavy (non-hydrogen) atoms. The Kier molecular flexibility index (Phi) is 5.15. The average Bonchev–Trinajstić information content (AvgIpc) is 2.44. The summed E-state index contributed by atoms with van der Waals surface area (Å²) in [4.78, 5) is 15.7. The van der Waals surface area contributed by atoms with Gasteiger partial charge in [0.1, 0.15) is 0 Å². The molecule has 1 aromatic rings. The molecular formula is C16H24FN3O. The molecule has 0 spiro atoms. The van der Waals surface area contributed by atoms with Gasteiger partial charge in [-0.2, -0.15) is 0 Å². The van der Waals surface area contributed by atoms with Crippen molar-refractivity contribution in [3.63, 3.8) is 0 Å². The van der Waals surface area contributed by atoms with Gasteiger partial charge in [-0.1, -0.05) is 20.3 Å². The minimum absolute atomic E-state index is 0.192. The van der Waals surface area contributed by atoms with Crippen molar-refractivity contribution >= 4 is 11.7 Å². The third-order valence-corrected chi connectivity index (χ3v) is 4.16. The second-order valence-corrected chi connectivity index (χ2v) is 6.03. The molecule has 0 saturated heterocycles. The highest BCUT2D eigenvalue weighted by Gasteiger charge is 2.21. The van der Waals surface area contributed by atoms with Crippen molar-refractivity contribution < 1.29 is 9.18 Å². The number of pyridine rings is 1. The Morgan fingerprint density at radius 1 is 1.43 bits per heavy atom. The van der Waals surface area contributed by atoms with Crippen LogP contribution in [0.5, 0.6) is 0 Å². The van der Waals surface area contributed by atoms with Gasteiger partial charge in [0, 0.05) is 6.04 Å². The Hall–Kier alpha value is -1.65. The summed E-state index contributed by atoms with van der Waals surface area (Å²) < 4.78 is 14.1. The SMILES string of the molecule is CCCc1nc(NC2CCC(C)CC2)c(F)cc1C(N)=O. The Balaban J connectivity index is 2.19. The van der Waals surface area contributed by atoms with E-state index in [0.717, 1.165) is 38.0 Å². The summed E-state index contributed by atoms with van der Waals surface area (Å²) in [5, 5.41) is 3.20. The van der Waals surface area contributed by atoms with Gasteiger partial charge >= 0.3 is 0 Å².